The number of amides is 2. The molecule has 1 aromatic carbocycles. The van der Waals surface area contributed by atoms with E-state index < -0.39 is 22.7 Å². The first kappa shape index (κ1) is 19.1. The van der Waals surface area contributed by atoms with Crippen molar-refractivity contribution < 1.29 is 26.7 Å². The smallest absolute Gasteiger partial charge is 0.387 e. The first-order valence-corrected chi connectivity index (χ1v) is 10.5. The standard InChI is InChI=1S/C18H21F2N3O4S/c19-17(20)27-13-3-5-14(6-4-13)28(25,26)22-8-12-9-23(18(21)24)16(15(12)10-22)7-11-1-2-11/h3-6,11,16-17H,1-2,7-10H2,(H2,21,24). The number of ether oxygens (including phenoxy) is 1. The fourth-order valence-electron chi connectivity index (χ4n) is 3.95. The van der Waals surface area contributed by atoms with Gasteiger partial charge in [-0.1, -0.05) is 12.8 Å². The summed E-state index contributed by atoms with van der Waals surface area (Å²) >= 11 is 0. The van der Waals surface area contributed by atoms with Crippen molar-refractivity contribution in [3.63, 3.8) is 0 Å². The zero-order chi connectivity index (χ0) is 20.1. The van der Waals surface area contributed by atoms with Gasteiger partial charge in [0.1, 0.15) is 5.75 Å². The minimum absolute atomic E-state index is 0.0146. The Morgan fingerprint density at radius 1 is 1.18 bits per heavy atom. The Morgan fingerprint density at radius 3 is 2.43 bits per heavy atom. The summed E-state index contributed by atoms with van der Waals surface area (Å²) in [5.74, 6) is 0.462. The van der Waals surface area contributed by atoms with Gasteiger partial charge in [0.05, 0.1) is 10.9 Å². The molecule has 1 aromatic rings. The second-order valence-electron chi connectivity index (χ2n) is 7.41. The van der Waals surface area contributed by atoms with Crippen molar-refractivity contribution >= 4 is 16.1 Å². The van der Waals surface area contributed by atoms with Gasteiger partial charge in [0.25, 0.3) is 0 Å². The number of hydrogen-bond donors (Lipinski definition) is 1. The van der Waals surface area contributed by atoms with Crippen molar-refractivity contribution in [3.05, 3.63) is 35.4 Å². The molecule has 2 amide bonds. The van der Waals surface area contributed by atoms with Gasteiger partial charge in [-0.2, -0.15) is 13.1 Å². The van der Waals surface area contributed by atoms with Crippen LogP contribution in [0.1, 0.15) is 19.3 Å². The fourth-order valence-corrected chi connectivity index (χ4v) is 5.36. The third-order valence-electron chi connectivity index (χ3n) is 5.53. The Kier molecular flexibility index (Phi) is 4.78. The van der Waals surface area contributed by atoms with E-state index in [2.05, 4.69) is 4.74 Å². The maximum atomic E-state index is 13.0. The van der Waals surface area contributed by atoms with Crippen molar-refractivity contribution in [1.82, 2.24) is 9.21 Å². The number of carbonyl (C=O) groups is 1. The van der Waals surface area contributed by atoms with Gasteiger partial charge >= 0.3 is 12.6 Å². The number of alkyl halides is 2. The predicted octanol–water partition coefficient (Wildman–Crippen LogP) is 2.15. The summed E-state index contributed by atoms with van der Waals surface area (Å²) in [6.07, 6.45) is 3.07. The van der Waals surface area contributed by atoms with Crippen molar-refractivity contribution in [2.75, 3.05) is 19.6 Å². The zero-order valence-corrected chi connectivity index (χ0v) is 15.9. The first-order chi connectivity index (χ1) is 13.3. The maximum Gasteiger partial charge on any atom is 0.387 e. The summed E-state index contributed by atoms with van der Waals surface area (Å²) in [5, 5.41) is 0. The van der Waals surface area contributed by atoms with Gasteiger partial charge in [-0.05, 0) is 47.8 Å². The number of carbonyl (C=O) groups excluding carboxylic acids is 1. The number of hydrogen-bond acceptors (Lipinski definition) is 4. The number of urea groups is 1. The Bertz CT molecular complexity index is 913. The average Bonchev–Trinajstić information content (AvgIpc) is 3.23. The van der Waals surface area contributed by atoms with Crippen LogP contribution in [-0.2, 0) is 10.0 Å². The fraction of sp³-hybridized carbons (Fsp3) is 0.500. The van der Waals surface area contributed by atoms with E-state index in [-0.39, 0.29) is 29.8 Å². The minimum atomic E-state index is -3.79. The largest absolute Gasteiger partial charge is 0.435 e. The molecule has 0 saturated heterocycles. The molecule has 2 heterocycles. The molecule has 1 aliphatic carbocycles. The number of benzene rings is 1. The molecule has 1 saturated carbocycles. The van der Waals surface area contributed by atoms with E-state index in [1.807, 2.05) is 0 Å². The maximum absolute atomic E-state index is 13.0. The van der Waals surface area contributed by atoms with Crippen molar-refractivity contribution in [1.29, 1.82) is 0 Å². The molecule has 28 heavy (non-hydrogen) atoms. The van der Waals surface area contributed by atoms with Crippen LogP contribution in [-0.4, -0.2) is 55.9 Å². The van der Waals surface area contributed by atoms with E-state index in [1.54, 1.807) is 4.90 Å². The molecular formula is C18H21F2N3O4S. The van der Waals surface area contributed by atoms with Gasteiger partial charge in [0.15, 0.2) is 0 Å². The van der Waals surface area contributed by atoms with Crippen LogP contribution in [0.3, 0.4) is 0 Å². The Labute approximate surface area is 161 Å². The number of primary amides is 1. The van der Waals surface area contributed by atoms with Crippen LogP contribution in [0.4, 0.5) is 13.6 Å². The molecule has 10 heteroatoms. The van der Waals surface area contributed by atoms with Gasteiger partial charge in [-0.3, -0.25) is 0 Å². The molecule has 1 fully saturated rings. The van der Waals surface area contributed by atoms with Crippen LogP contribution in [0, 0.1) is 5.92 Å². The summed E-state index contributed by atoms with van der Waals surface area (Å²) in [4.78, 5) is 13.4. The minimum Gasteiger partial charge on any atom is -0.435 e. The summed E-state index contributed by atoms with van der Waals surface area (Å²) in [5.41, 5.74) is 7.40. The number of halogens is 2. The van der Waals surface area contributed by atoms with Crippen LogP contribution in [0.2, 0.25) is 0 Å². The number of nitrogens with zero attached hydrogens (tertiary/aromatic N) is 2. The summed E-state index contributed by atoms with van der Waals surface area (Å²) in [6, 6.07) is 4.31. The number of sulfonamides is 1. The van der Waals surface area contributed by atoms with Crippen LogP contribution >= 0.6 is 0 Å². The molecule has 0 radical (unpaired) electrons. The second kappa shape index (κ2) is 7.00. The Morgan fingerprint density at radius 2 is 1.86 bits per heavy atom. The molecule has 0 aromatic heterocycles. The highest BCUT2D eigenvalue weighted by molar-refractivity contribution is 7.89. The van der Waals surface area contributed by atoms with Crippen LogP contribution < -0.4 is 10.5 Å². The first-order valence-electron chi connectivity index (χ1n) is 9.07. The highest BCUT2D eigenvalue weighted by atomic mass is 32.2. The highest BCUT2D eigenvalue weighted by Crippen LogP contribution is 2.42. The lowest BCUT2D eigenvalue weighted by Gasteiger charge is -2.28. The SMILES string of the molecule is NC(=O)N1CC2=C(CN(S(=O)(=O)c3ccc(OC(F)F)cc3)C2)C1CC1CC1. The molecular weight excluding hydrogens is 392 g/mol. The van der Waals surface area contributed by atoms with E-state index in [4.69, 9.17) is 5.73 Å². The molecule has 1 unspecified atom stereocenters. The monoisotopic (exact) mass is 413 g/mol. The van der Waals surface area contributed by atoms with Crippen LogP contribution in [0.15, 0.2) is 40.3 Å². The highest BCUT2D eigenvalue weighted by Gasteiger charge is 2.44. The van der Waals surface area contributed by atoms with Gasteiger partial charge in [0, 0.05) is 19.6 Å². The third kappa shape index (κ3) is 3.58. The molecule has 0 bridgehead atoms. The summed E-state index contributed by atoms with van der Waals surface area (Å²) in [7, 11) is -3.79. The topological polar surface area (TPSA) is 92.9 Å². The van der Waals surface area contributed by atoms with Crippen molar-refractivity contribution in [3.8, 4) is 5.75 Å². The summed E-state index contributed by atoms with van der Waals surface area (Å²) < 4.78 is 56.1. The van der Waals surface area contributed by atoms with Gasteiger partial charge in [-0.15, -0.1) is 0 Å². The molecule has 1 atom stereocenters. The van der Waals surface area contributed by atoms with Crippen molar-refractivity contribution in [2.45, 2.75) is 36.8 Å². The molecule has 0 spiro atoms. The molecule has 7 nitrogen and oxygen atoms in total. The van der Waals surface area contributed by atoms with E-state index >= 15 is 0 Å². The Hall–Kier alpha value is -2.20. The van der Waals surface area contributed by atoms with Crippen LogP contribution in [0.25, 0.3) is 0 Å². The van der Waals surface area contributed by atoms with Crippen LogP contribution in [0.5, 0.6) is 5.75 Å². The van der Waals surface area contributed by atoms with E-state index in [0.717, 1.165) is 30.4 Å². The van der Waals surface area contributed by atoms with E-state index in [1.165, 1.54) is 28.6 Å². The second-order valence-corrected chi connectivity index (χ2v) is 9.35. The van der Waals surface area contributed by atoms with Gasteiger partial charge < -0.3 is 15.4 Å². The third-order valence-corrected chi connectivity index (χ3v) is 7.34. The summed E-state index contributed by atoms with van der Waals surface area (Å²) in [6.45, 7) is -2.19. The average molecular weight is 413 g/mol. The van der Waals surface area contributed by atoms with Gasteiger partial charge in [-0.25, -0.2) is 13.2 Å². The molecule has 152 valence electrons. The van der Waals surface area contributed by atoms with Gasteiger partial charge in [0.2, 0.25) is 10.0 Å². The lowest BCUT2D eigenvalue weighted by molar-refractivity contribution is -0.0498. The van der Waals surface area contributed by atoms with Crippen molar-refractivity contribution in [2.24, 2.45) is 11.7 Å². The number of nitrogens with two attached hydrogens (primary N) is 1. The van der Waals surface area contributed by atoms with E-state index in [0.29, 0.717) is 12.5 Å². The molecule has 2 N–H and O–H groups in total. The number of rotatable bonds is 6. The zero-order valence-electron chi connectivity index (χ0n) is 15.1. The predicted molar refractivity (Wildman–Crippen MR) is 96.3 cm³/mol. The molecule has 4 rings (SSSR count). The quantitative estimate of drug-likeness (QED) is 0.724. The lowest BCUT2D eigenvalue weighted by Crippen LogP contribution is -2.44. The normalized spacial score (nSPS) is 22.8. The Balaban J connectivity index is 1.50. The lowest BCUT2D eigenvalue weighted by atomic mass is 10.0. The molecule has 2 aliphatic heterocycles. The van der Waals surface area contributed by atoms with E-state index in [9.17, 15) is 22.0 Å². The molecule has 3 aliphatic rings.